The van der Waals surface area contributed by atoms with Gasteiger partial charge in [0.25, 0.3) is 0 Å². The Kier molecular flexibility index (Phi) is 4.19. The lowest BCUT2D eigenvalue weighted by molar-refractivity contribution is 0.450. The molecule has 14 heavy (non-hydrogen) atoms. The molecule has 0 bridgehead atoms. The lowest BCUT2D eigenvalue weighted by Crippen LogP contribution is -2.16. The Morgan fingerprint density at radius 3 is 2.21 bits per heavy atom. The van der Waals surface area contributed by atoms with Gasteiger partial charge < -0.3 is 0 Å². The van der Waals surface area contributed by atoms with E-state index < -0.39 is 0 Å². The molecular formula is C14H22. The summed E-state index contributed by atoms with van der Waals surface area (Å²) in [6.07, 6.45) is 5.31. The molecule has 0 N–H and O–H groups in total. The van der Waals surface area contributed by atoms with Crippen LogP contribution in [0.4, 0.5) is 0 Å². The fourth-order valence-electron chi connectivity index (χ4n) is 1.85. The highest BCUT2D eigenvalue weighted by Gasteiger charge is 2.18. The van der Waals surface area contributed by atoms with E-state index in [2.05, 4.69) is 51.1 Å². The maximum absolute atomic E-state index is 2.35. The van der Waals surface area contributed by atoms with Crippen LogP contribution in [0.5, 0.6) is 0 Å². The molecule has 0 heteroatoms. The standard InChI is InChI=1S/C14H22/c1-4-5-9-12-14(2,3)13-10-7-6-8-11-13/h6-8,10-11H,4-5,9,12H2,1-3H3. The molecule has 0 amide bonds. The molecule has 1 aromatic carbocycles. The summed E-state index contributed by atoms with van der Waals surface area (Å²) in [4.78, 5) is 0. The first kappa shape index (κ1) is 11.3. The monoisotopic (exact) mass is 190 g/mol. The van der Waals surface area contributed by atoms with E-state index in [9.17, 15) is 0 Å². The average Bonchev–Trinajstić information content (AvgIpc) is 2.19. The average molecular weight is 190 g/mol. The highest BCUT2D eigenvalue weighted by Crippen LogP contribution is 2.28. The van der Waals surface area contributed by atoms with E-state index in [1.165, 1.54) is 31.2 Å². The molecule has 0 aliphatic carbocycles. The smallest absolute Gasteiger partial charge is 0.0104 e. The first-order chi connectivity index (χ1) is 6.67. The third-order valence-corrected chi connectivity index (χ3v) is 2.96. The van der Waals surface area contributed by atoms with Gasteiger partial charge in [-0.05, 0) is 17.4 Å². The van der Waals surface area contributed by atoms with Gasteiger partial charge in [0.05, 0.1) is 0 Å². The molecule has 0 fully saturated rings. The molecule has 1 aromatic rings. The van der Waals surface area contributed by atoms with E-state index in [1.54, 1.807) is 0 Å². The molecule has 0 nitrogen and oxygen atoms in total. The third-order valence-electron chi connectivity index (χ3n) is 2.96. The summed E-state index contributed by atoms with van der Waals surface area (Å²) < 4.78 is 0. The molecule has 0 spiro atoms. The highest BCUT2D eigenvalue weighted by atomic mass is 14.2. The van der Waals surface area contributed by atoms with Crippen molar-refractivity contribution in [1.82, 2.24) is 0 Å². The van der Waals surface area contributed by atoms with E-state index in [-0.39, 0.29) is 0 Å². The maximum Gasteiger partial charge on any atom is -0.0104 e. The van der Waals surface area contributed by atoms with Crippen LogP contribution in [-0.4, -0.2) is 0 Å². The fraction of sp³-hybridized carbons (Fsp3) is 0.571. The van der Waals surface area contributed by atoms with Crippen LogP contribution in [-0.2, 0) is 5.41 Å². The molecule has 0 aromatic heterocycles. The molecule has 0 saturated carbocycles. The van der Waals surface area contributed by atoms with Gasteiger partial charge in [-0.25, -0.2) is 0 Å². The SMILES string of the molecule is CCCCCC(C)(C)c1ccccc1. The van der Waals surface area contributed by atoms with Crippen LogP contribution in [0, 0.1) is 0 Å². The predicted octanol–water partition coefficient (Wildman–Crippen LogP) is 4.54. The first-order valence-corrected chi connectivity index (χ1v) is 5.72. The Morgan fingerprint density at radius 1 is 1.00 bits per heavy atom. The van der Waals surface area contributed by atoms with Crippen molar-refractivity contribution in [2.45, 2.75) is 51.9 Å². The lowest BCUT2D eigenvalue weighted by atomic mass is 9.80. The second kappa shape index (κ2) is 5.19. The molecule has 1 rings (SSSR count). The van der Waals surface area contributed by atoms with Gasteiger partial charge in [0, 0.05) is 0 Å². The summed E-state index contributed by atoms with van der Waals surface area (Å²) in [6, 6.07) is 10.8. The zero-order valence-electron chi connectivity index (χ0n) is 9.72. The molecule has 0 unspecified atom stereocenters. The van der Waals surface area contributed by atoms with Crippen LogP contribution >= 0.6 is 0 Å². The maximum atomic E-state index is 2.35. The quantitative estimate of drug-likeness (QED) is 0.598. The normalized spacial score (nSPS) is 11.6. The molecule has 0 radical (unpaired) electrons. The highest BCUT2D eigenvalue weighted by molar-refractivity contribution is 5.23. The summed E-state index contributed by atoms with van der Waals surface area (Å²) in [7, 11) is 0. The Morgan fingerprint density at radius 2 is 1.64 bits per heavy atom. The Hall–Kier alpha value is -0.780. The zero-order chi connectivity index (χ0) is 10.4. The van der Waals surface area contributed by atoms with Crippen LogP contribution in [0.2, 0.25) is 0 Å². The summed E-state index contributed by atoms with van der Waals surface area (Å²) in [5, 5.41) is 0. The van der Waals surface area contributed by atoms with Crippen molar-refractivity contribution in [3.63, 3.8) is 0 Å². The van der Waals surface area contributed by atoms with E-state index in [0.717, 1.165) is 0 Å². The molecular weight excluding hydrogens is 168 g/mol. The first-order valence-electron chi connectivity index (χ1n) is 5.72. The largest absolute Gasteiger partial charge is 0.0654 e. The zero-order valence-corrected chi connectivity index (χ0v) is 9.72. The number of hydrogen-bond acceptors (Lipinski definition) is 0. The second-order valence-corrected chi connectivity index (χ2v) is 4.71. The number of rotatable bonds is 5. The van der Waals surface area contributed by atoms with Gasteiger partial charge in [-0.1, -0.05) is 70.4 Å². The molecule has 78 valence electrons. The van der Waals surface area contributed by atoms with Crippen molar-refractivity contribution >= 4 is 0 Å². The molecule has 0 atom stereocenters. The minimum absolute atomic E-state index is 0.344. The van der Waals surface area contributed by atoms with Crippen molar-refractivity contribution in [1.29, 1.82) is 0 Å². The van der Waals surface area contributed by atoms with Crippen LogP contribution in [0.25, 0.3) is 0 Å². The number of benzene rings is 1. The lowest BCUT2D eigenvalue weighted by Gasteiger charge is -2.25. The molecule has 0 saturated heterocycles. The number of hydrogen-bond donors (Lipinski definition) is 0. The predicted molar refractivity (Wildman–Crippen MR) is 63.6 cm³/mol. The Balaban J connectivity index is 2.56. The fourth-order valence-corrected chi connectivity index (χ4v) is 1.85. The Labute approximate surface area is 88.4 Å². The van der Waals surface area contributed by atoms with Crippen molar-refractivity contribution < 1.29 is 0 Å². The summed E-state index contributed by atoms with van der Waals surface area (Å²) >= 11 is 0. The van der Waals surface area contributed by atoms with E-state index in [0.29, 0.717) is 5.41 Å². The van der Waals surface area contributed by atoms with E-state index >= 15 is 0 Å². The summed E-state index contributed by atoms with van der Waals surface area (Å²) in [5.41, 5.74) is 1.81. The molecule has 0 aliphatic heterocycles. The van der Waals surface area contributed by atoms with Crippen molar-refractivity contribution in [2.24, 2.45) is 0 Å². The second-order valence-electron chi connectivity index (χ2n) is 4.71. The third kappa shape index (κ3) is 3.17. The molecule has 0 aliphatic rings. The van der Waals surface area contributed by atoms with Crippen molar-refractivity contribution in [2.75, 3.05) is 0 Å². The van der Waals surface area contributed by atoms with Crippen molar-refractivity contribution in [3.8, 4) is 0 Å². The number of unbranched alkanes of at least 4 members (excludes halogenated alkanes) is 2. The Bertz CT molecular complexity index is 246. The van der Waals surface area contributed by atoms with E-state index in [1.807, 2.05) is 0 Å². The van der Waals surface area contributed by atoms with Gasteiger partial charge in [-0.2, -0.15) is 0 Å². The van der Waals surface area contributed by atoms with Gasteiger partial charge in [0.15, 0.2) is 0 Å². The van der Waals surface area contributed by atoms with Gasteiger partial charge in [0.2, 0.25) is 0 Å². The van der Waals surface area contributed by atoms with Gasteiger partial charge in [-0.3, -0.25) is 0 Å². The van der Waals surface area contributed by atoms with Crippen LogP contribution in [0.3, 0.4) is 0 Å². The van der Waals surface area contributed by atoms with Gasteiger partial charge >= 0.3 is 0 Å². The molecule has 0 heterocycles. The van der Waals surface area contributed by atoms with Gasteiger partial charge in [0.1, 0.15) is 0 Å². The van der Waals surface area contributed by atoms with E-state index in [4.69, 9.17) is 0 Å². The minimum Gasteiger partial charge on any atom is -0.0654 e. The summed E-state index contributed by atoms with van der Waals surface area (Å²) in [5.74, 6) is 0. The summed E-state index contributed by atoms with van der Waals surface area (Å²) in [6.45, 7) is 6.95. The van der Waals surface area contributed by atoms with Gasteiger partial charge in [-0.15, -0.1) is 0 Å². The topological polar surface area (TPSA) is 0 Å². The van der Waals surface area contributed by atoms with Crippen LogP contribution in [0.1, 0.15) is 52.0 Å². The van der Waals surface area contributed by atoms with Crippen molar-refractivity contribution in [3.05, 3.63) is 35.9 Å². The van der Waals surface area contributed by atoms with Crippen LogP contribution < -0.4 is 0 Å². The van der Waals surface area contributed by atoms with Crippen LogP contribution in [0.15, 0.2) is 30.3 Å². The minimum atomic E-state index is 0.344.